The van der Waals surface area contributed by atoms with Crippen molar-refractivity contribution < 1.29 is 28.9 Å². The molecule has 0 bridgehead atoms. The standard InChI is InChI=1S/C39H46N4O6/c1-27-35(25-43(2)22-20-33-11-7-8-21-40-33)48-38(49-36(27)31-16-14-30(26-44)15-17-31)32-18-12-29(13-19-32)24-41-39(46)42-34(37(45)47-3)23-28-9-5-4-6-10-28/h4-19,21,27,34-36,38,44H,20,22-26H2,1-3H3,(H2,41,42,46)/t27-,34-,35+,36+,38+/m0/s1. The number of carbonyl (C=O) groups excluding carboxylic acids is 2. The van der Waals surface area contributed by atoms with E-state index in [-0.39, 0.29) is 31.3 Å². The van der Waals surface area contributed by atoms with Gasteiger partial charge in [0.25, 0.3) is 0 Å². The predicted molar refractivity (Wildman–Crippen MR) is 186 cm³/mol. The third-order valence-electron chi connectivity index (χ3n) is 8.87. The molecule has 10 nitrogen and oxygen atoms in total. The number of carbonyl (C=O) groups is 2. The molecule has 5 atom stereocenters. The van der Waals surface area contributed by atoms with Gasteiger partial charge in [0.15, 0.2) is 6.29 Å². The van der Waals surface area contributed by atoms with Gasteiger partial charge in [-0.05, 0) is 41.4 Å². The lowest BCUT2D eigenvalue weighted by Gasteiger charge is -2.42. The van der Waals surface area contributed by atoms with Crippen molar-refractivity contribution in [2.24, 2.45) is 5.92 Å². The summed E-state index contributed by atoms with van der Waals surface area (Å²) in [5.41, 5.74) is 5.59. The zero-order chi connectivity index (χ0) is 34.6. The first-order valence-electron chi connectivity index (χ1n) is 16.7. The van der Waals surface area contributed by atoms with E-state index in [4.69, 9.17) is 14.2 Å². The molecule has 4 aromatic rings. The topological polar surface area (TPSA) is 122 Å². The molecule has 10 heteroatoms. The molecule has 3 aromatic carbocycles. The van der Waals surface area contributed by atoms with Gasteiger partial charge in [0.2, 0.25) is 0 Å². The molecule has 0 spiro atoms. The van der Waals surface area contributed by atoms with E-state index >= 15 is 0 Å². The second kappa shape index (κ2) is 17.7. The first kappa shape index (κ1) is 35.7. The molecular formula is C39H46N4O6. The van der Waals surface area contributed by atoms with Crippen molar-refractivity contribution in [3.63, 3.8) is 0 Å². The number of amides is 2. The highest BCUT2D eigenvalue weighted by Crippen LogP contribution is 2.41. The number of aromatic nitrogens is 1. The molecule has 1 aliphatic heterocycles. The summed E-state index contributed by atoms with van der Waals surface area (Å²) in [6, 6.07) is 29.8. The Morgan fingerprint density at radius 2 is 1.59 bits per heavy atom. The number of likely N-dealkylation sites (N-methyl/N-ethyl adjacent to an activating group) is 1. The van der Waals surface area contributed by atoms with Crippen molar-refractivity contribution in [2.45, 2.75) is 57.5 Å². The van der Waals surface area contributed by atoms with E-state index in [1.54, 1.807) is 0 Å². The monoisotopic (exact) mass is 666 g/mol. The Bertz CT molecular complexity index is 1600. The number of hydrogen-bond acceptors (Lipinski definition) is 8. The summed E-state index contributed by atoms with van der Waals surface area (Å²) in [6.45, 7) is 3.96. The summed E-state index contributed by atoms with van der Waals surface area (Å²) in [6.07, 6.45) is 2.05. The van der Waals surface area contributed by atoms with E-state index in [9.17, 15) is 14.7 Å². The van der Waals surface area contributed by atoms with Crippen LogP contribution in [0, 0.1) is 5.92 Å². The second-order valence-electron chi connectivity index (χ2n) is 12.5. The van der Waals surface area contributed by atoms with E-state index in [2.05, 4.69) is 34.5 Å². The Morgan fingerprint density at radius 1 is 0.898 bits per heavy atom. The van der Waals surface area contributed by atoms with Gasteiger partial charge >= 0.3 is 12.0 Å². The number of aliphatic hydroxyl groups is 1. The highest BCUT2D eigenvalue weighted by atomic mass is 16.7. The highest BCUT2D eigenvalue weighted by Gasteiger charge is 2.38. The second-order valence-corrected chi connectivity index (χ2v) is 12.5. The van der Waals surface area contributed by atoms with Crippen LogP contribution in [0.4, 0.5) is 4.79 Å². The number of rotatable bonds is 14. The van der Waals surface area contributed by atoms with Crippen molar-refractivity contribution in [2.75, 3.05) is 27.2 Å². The molecule has 1 saturated heterocycles. The van der Waals surface area contributed by atoms with Crippen LogP contribution in [0.2, 0.25) is 0 Å². The summed E-state index contributed by atoms with van der Waals surface area (Å²) in [5.74, 6) is -0.447. The first-order chi connectivity index (χ1) is 23.8. The first-order valence-corrected chi connectivity index (χ1v) is 16.7. The number of nitrogens with one attached hydrogen (secondary N) is 2. The highest BCUT2D eigenvalue weighted by molar-refractivity contribution is 5.83. The van der Waals surface area contributed by atoms with Gasteiger partial charge in [-0.1, -0.05) is 91.9 Å². The van der Waals surface area contributed by atoms with Gasteiger partial charge in [-0.15, -0.1) is 0 Å². The lowest BCUT2D eigenvalue weighted by molar-refractivity contribution is -0.275. The van der Waals surface area contributed by atoms with Gasteiger partial charge in [0.1, 0.15) is 6.04 Å². The van der Waals surface area contributed by atoms with E-state index in [1.807, 2.05) is 103 Å². The van der Waals surface area contributed by atoms with Crippen molar-refractivity contribution in [3.8, 4) is 0 Å². The summed E-state index contributed by atoms with van der Waals surface area (Å²) in [4.78, 5) is 31.8. The van der Waals surface area contributed by atoms with Crippen LogP contribution in [-0.4, -0.2) is 66.4 Å². The fraction of sp³-hybridized carbons (Fsp3) is 0.359. The molecule has 49 heavy (non-hydrogen) atoms. The Labute approximate surface area is 288 Å². The Hall–Kier alpha value is -4.61. The van der Waals surface area contributed by atoms with Gasteiger partial charge in [0, 0.05) is 55.8 Å². The zero-order valence-electron chi connectivity index (χ0n) is 28.3. The molecule has 1 aliphatic rings. The number of benzene rings is 3. The molecule has 5 rings (SSSR count). The fourth-order valence-electron chi connectivity index (χ4n) is 5.95. The number of methoxy groups -OCH3 is 1. The maximum Gasteiger partial charge on any atom is 0.328 e. The quantitative estimate of drug-likeness (QED) is 0.159. The minimum atomic E-state index is -0.812. The molecule has 0 aliphatic carbocycles. The zero-order valence-corrected chi connectivity index (χ0v) is 28.3. The summed E-state index contributed by atoms with van der Waals surface area (Å²) in [7, 11) is 3.41. The van der Waals surface area contributed by atoms with Gasteiger partial charge in [0.05, 0.1) is 25.9 Å². The van der Waals surface area contributed by atoms with E-state index in [0.29, 0.717) is 13.0 Å². The molecule has 2 heterocycles. The molecule has 2 amide bonds. The van der Waals surface area contributed by atoms with Crippen LogP contribution in [-0.2, 0) is 45.0 Å². The maximum absolute atomic E-state index is 12.8. The Balaban J connectivity index is 1.23. The number of ether oxygens (including phenoxy) is 3. The van der Waals surface area contributed by atoms with Crippen LogP contribution in [0.25, 0.3) is 0 Å². The molecular weight excluding hydrogens is 620 g/mol. The number of esters is 1. The molecule has 0 saturated carbocycles. The van der Waals surface area contributed by atoms with Crippen molar-refractivity contribution in [1.29, 1.82) is 0 Å². The average molecular weight is 667 g/mol. The summed E-state index contributed by atoms with van der Waals surface area (Å²) >= 11 is 0. The van der Waals surface area contributed by atoms with Gasteiger partial charge in [-0.2, -0.15) is 0 Å². The minimum Gasteiger partial charge on any atom is -0.467 e. The third kappa shape index (κ3) is 10.2. The largest absolute Gasteiger partial charge is 0.467 e. The lowest BCUT2D eigenvalue weighted by atomic mass is 9.90. The molecule has 0 radical (unpaired) electrons. The van der Waals surface area contributed by atoms with Crippen molar-refractivity contribution in [1.82, 2.24) is 20.5 Å². The number of urea groups is 1. The molecule has 258 valence electrons. The number of pyridine rings is 1. The maximum atomic E-state index is 12.8. The summed E-state index contributed by atoms with van der Waals surface area (Å²) in [5, 5.41) is 15.1. The molecule has 1 aromatic heterocycles. The van der Waals surface area contributed by atoms with Gasteiger partial charge in [-0.25, -0.2) is 9.59 Å². The Morgan fingerprint density at radius 3 is 2.27 bits per heavy atom. The van der Waals surface area contributed by atoms with E-state index < -0.39 is 24.3 Å². The number of hydrogen-bond donors (Lipinski definition) is 3. The SMILES string of the molecule is COC(=O)[C@H](Cc1ccccc1)NC(=O)NCc1ccc([C@@H]2O[C@H](CN(C)CCc3ccccn3)[C@H](C)[C@H](c3ccc(CO)cc3)O2)cc1. The number of aliphatic hydroxyl groups excluding tert-OH is 1. The minimum absolute atomic E-state index is 0.0147. The smallest absolute Gasteiger partial charge is 0.328 e. The lowest BCUT2D eigenvalue weighted by Crippen LogP contribution is -2.47. The average Bonchev–Trinajstić information content (AvgIpc) is 3.14. The van der Waals surface area contributed by atoms with Crippen molar-refractivity contribution in [3.05, 3.63) is 137 Å². The normalized spacial score (nSPS) is 19.6. The Kier molecular flexibility index (Phi) is 12.9. The number of nitrogens with zero attached hydrogens (tertiary/aromatic N) is 2. The van der Waals surface area contributed by atoms with Crippen LogP contribution in [0.15, 0.2) is 103 Å². The van der Waals surface area contributed by atoms with Crippen LogP contribution in [0.5, 0.6) is 0 Å². The summed E-state index contributed by atoms with van der Waals surface area (Å²) < 4.78 is 18.1. The van der Waals surface area contributed by atoms with Crippen LogP contribution in [0.1, 0.15) is 52.8 Å². The van der Waals surface area contributed by atoms with Crippen LogP contribution >= 0.6 is 0 Å². The van der Waals surface area contributed by atoms with Gasteiger partial charge < -0.3 is 34.9 Å². The predicted octanol–water partition coefficient (Wildman–Crippen LogP) is 5.12. The van der Waals surface area contributed by atoms with Crippen LogP contribution < -0.4 is 10.6 Å². The molecule has 0 unspecified atom stereocenters. The van der Waals surface area contributed by atoms with E-state index in [0.717, 1.165) is 46.5 Å². The van der Waals surface area contributed by atoms with Crippen molar-refractivity contribution >= 4 is 12.0 Å². The fourth-order valence-corrected chi connectivity index (χ4v) is 5.95. The van der Waals surface area contributed by atoms with Crippen LogP contribution in [0.3, 0.4) is 0 Å². The molecule has 3 N–H and O–H groups in total. The third-order valence-corrected chi connectivity index (χ3v) is 8.87. The molecule has 1 fully saturated rings. The van der Waals surface area contributed by atoms with E-state index in [1.165, 1.54) is 7.11 Å². The van der Waals surface area contributed by atoms with Gasteiger partial charge in [-0.3, -0.25) is 4.98 Å².